The third-order valence-electron chi connectivity index (χ3n) is 4.73. The minimum Gasteiger partial charge on any atom is -0.486 e. The van der Waals surface area contributed by atoms with Crippen LogP contribution in [0.15, 0.2) is 60.7 Å². The number of hydrogen-bond donors (Lipinski definition) is 2. The average Bonchev–Trinajstić information content (AvgIpc) is 2.69. The van der Waals surface area contributed by atoms with E-state index in [1.165, 1.54) is 0 Å². The largest absolute Gasteiger partial charge is 0.486 e. The van der Waals surface area contributed by atoms with Crippen LogP contribution in [0, 0.1) is 6.92 Å². The fourth-order valence-corrected chi connectivity index (χ4v) is 3.77. The maximum atomic E-state index is 10.9. The molecule has 0 bridgehead atoms. The van der Waals surface area contributed by atoms with E-state index in [0.29, 0.717) is 28.0 Å². The molecule has 0 radical (unpaired) electrons. The summed E-state index contributed by atoms with van der Waals surface area (Å²) in [5, 5.41) is 9.60. The quantitative estimate of drug-likeness (QED) is 0.519. The Morgan fingerprint density at radius 2 is 1.72 bits per heavy atom. The van der Waals surface area contributed by atoms with Crippen LogP contribution in [0.5, 0.6) is 5.75 Å². The highest BCUT2D eigenvalue weighted by molar-refractivity contribution is 6.37. The second-order valence-corrected chi connectivity index (χ2v) is 7.60. The van der Waals surface area contributed by atoms with Gasteiger partial charge in [-0.05, 0) is 53.3 Å². The Hall–Kier alpha value is -2.53. The van der Waals surface area contributed by atoms with Crippen molar-refractivity contribution in [1.82, 2.24) is 0 Å². The van der Waals surface area contributed by atoms with Crippen molar-refractivity contribution in [2.45, 2.75) is 26.0 Å². The summed E-state index contributed by atoms with van der Waals surface area (Å²) >= 11 is 12.7. The first-order valence-electron chi connectivity index (χ1n) is 9.10. The van der Waals surface area contributed by atoms with Crippen LogP contribution in [0.2, 0.25) is 10.0 Å². The number of carboxylic acid groups (broad SMARTS) is 1. The minimum absolute atomic E-state index is 0.132. The van der Waals surface area contributed by atoms with Gasteiger partial charge in [-0.15, -0.1) is 0 Å². The van der Waals surface area contributed by atoms with Crippen molar-refractivity contribution in [3.8, 4) is 16.9 Å². The van der Waals surface area contributed by atoms with Gasteiger partial charge in [0.05, 0.1) is 10.0 Å². The summed E-state index contributed by atoms with van der Waals surface area (Å²) in [6.45, 7) is 2.36. The standard InChI is InChI=1S/C23H21Cl2NO3/c1-14-17(8-5-9-18(14)16-6-3-2-4-7-16)13-29-22-19(24)10-15(11-20(22)25)12-21(26)23(27)28/h2-11,21H,12-13,26H2,1H3,(H,27,28). The molecular weight excluding hydrogens is 409 g/mol. The molecule has 0 heterocycles. The summed E-state index contributed by atoms with van der Waals surface area (Å²) in [5.41, 5.74) is 10.7. The molecule has 0 amide bonds. The molecule has 6 heteroatoms. The van der Waals surface area contributed by atoms with Gasteiger partial charge in [0, 0.05) is 0 Å². The van der Waals surface area contributed by atoms with Crippen LogP contribution in [0.4, 0.5) is 0 Å². The van der Waals surface area contributed by atoms with E-state index in [-0.39, 0.29) is 6.42 Å². The van der Waals surface area contributed by atoms with Gasteiger partial charge < -0.3 is 15.6 Å². The number of carboxylic acids is 1. The number of ether oxygens (including phenoxy) is 1. The molecule has 0 saturated carbocycles. The molecule has 3 N–H and O–H groups in total. The highest BCUT2D eigenvalue weighted by atomic mass is 35.5. The van der Waals surface area contributed by atoms with Gasteiger partial charge >= 0.3 is 5.97 Å². The molecule has 29 heavy (non-hydrogen) atoms. The van der Waals surface area contributed by atoms with Crippen molar-refractivity contribution < 1.29 is 14.6 Å². The van der Waals surface area contributed by atoms with Crippen LogP contribution in [-0.4, -0.2) is 17.1 Å². The fourth-order valence-electron chi connectivity index (χ4n) is 3.13. The molecule has 0 aromatic heterocycles. The molecule has 150 valence electrons. The summed E-state index contributed by atoms with van der Waals surface area (Å²) in [6.07, 6.45) is 0.132. The van der Waals surface area contributed by atoms with E-state index in [9.17, 15) is 4.79 Å². The molecule has 0 spiro atoms. The molecular formula is C23H21Cl2NO3. The van der Waals surface area contributed by atoms with Crippen LogP contribution in [0.1, 0.15) is 16.7 Å². The fraction of sp³-hybridized carbons (Fsp3) is 0.174. The zero-order chi connectivity index (χ0) is 21.0. The van der Waals surface area contributed by atoms with Gasteiger partial charge in [-0.3, -0.25) is 4.79 Å². The van der Waals surface area contributed by atoms with Gasteiger partial charge in [0.15, 0.2) is 5.75 Å². The SMILES string of the molecule is Cc1c(COc2c(Cl)cc(CC(N)C(=O)O)cc2Cl)cccc1-c1ccccc1. The zero-order valence-corrected chi connectivity index (χ0v) is 17.4. The predicted octanol–water partition coefficient (Wildman–Crippen LogP) is 5.50. The summed E-state index contributed by atoms with van der Waals surface area (Å²) in [4.78, 5) is 10.9. The molecule has 0 aliphatic heterocycles. The number of rotatable bonds is 7. The lowest BCUT2D eigenvalue weighted by Crippen LogP contribution is -2.32. The van der Waals surface area contributed by atoms with Crippen LogP contribution in [0.25, 0.3) is 11.1 Å². The van der Waals surface area contributed by atoms with Gasteiger partial charge in [0.1, 0.15) is 12.6 Å². The topological polar surface area (TPSA) is 72.5 Å². The summed E-state index contributed by atoms with van der Waals surface area (Å²) in [6, 6.07) is 18.5. The second kappa shape index (κ2) is 9.31. The van der Waals surface area contributed by atoms with Crippen LogP contribution >= 0.6 is 23.2 Å². The Morgan fingerprint density at radius 3 is 2.34 bits per heavy atom. The Bertz CT molecular complexity index is 999. The van der Waals surface area contributed by atoms with E-state index in [4.69, 9.17) is 38.8 Å². The van der Waals surface area contributed by atoms with Crippen molar-refractivity contribution in [1.29, 1.82) is 0 Å². The van der Waals surface area contributed by atoms with Gasteiger partial charge in [0.2, 0.25) is 0 Å². The highest BCUT2D eigenvalue weighted by Gasteiger charge is 2.16. The van der Waals surface area contributed by atoms with Gasteiger partial charge in [0.25, 0.3) is 0 Å². The lowest BCUT2D eigenvalue weighted by Gasteiger charge is -2.15. The Labute approximate surface area is 179 Å². The first kappa shape index (κ1) is 21.2. The van der Waals surface area contributed by atoms with Crippen molar-refractivity contribution in [2.24, 2.45) is 5.73 Å². The molecule has 0 saturated heterocycles. The first-order valence-corrected chi connectivity index (χ1v) is 9.85. The highest BCUT2D eigenvalue weighted by Crippen LogP contribution is 2.35. The third-order valence-corrected chi connectivity index (χ3v) is 5.30. The number of benzene rings is 3. The average molecular weight is 430 g/mol. The Morgan fingerprint density at radius 1 is 1.07 bits per heavy atom. The van der Waals surface area contributed by atoms with Crippen molar-refractivity contribution in [3.63, 3.8) is 0 Å². The van der Waals surface area contributed by atoms with Crippen molar-refractivity contribution >= 4 is 29.2 Å². The molecule has 1 atom stereocenters. The number of aliphatic carboxylic acids is 1. The molecule has 3 rings (SSSR count). The number of carbonyl (C=O) groups is 1. The van der Waals surface area contributed by atoms with E-state index in [1.807, 2.05) is 30.3 Å². The van der Waals surface area contributed by atoms with E-state index in [0.717, 1.165) is 22.3 Å². The maximum absolute atomic E-state index is 10.9. The Balaban J connectivity index is 1.79. The second-order valence-electron chi connectivity index (χ2n) is 6.78. The van der Waals surface area contributed by atoms with Gasteiger partial charge in [-0.25, -0.2) is 0 Å². The predicted molar refractivity (Wildman–Crippen MR) is 117 cm³/mol. The smallest absolute Gasteiger partial charge is 0.320 e. The van der Waals surface area contributed by atoms with Crippen molar-refractivity contribution in [3.05, 3.63) is 87.4 Å². The number of nitrogens with two attached hydrogens (primary N) is 1. The molecule has 0 fully saturated rings. The Kier molecular flexibility index (Phi) is 6.80. The summed E-state index contributed by atoms with van der Waals surface area (Å²) in [5.74, 6) is -0.711. The third kappa shape index (κ3) is 5.10. The zero-order valence-electron chi connectivity index (χ0n) is 15.9. The molecule has 4 nitrogen and oxygen atoms in total. The summed E-state index contributed by atoms with van der Waals surface area (Å²) < 4.78 is 5.92. The molecule has 0 aliphatic carbocycles. The van der Waals surface area contributed by atoms with Gasteiger partial charge in [-0.1, -0.05) is 71.7 Å². The number of halogens is 2. The molecule has 1 unspecified atom stereocenters. The summed E-state index contributed by atoms with van der Waals surface area (Å²) in [7, 11) is 0. The monoisotopic (exact) mass is 429 g/mol. The van der Waals surface area contributed by atoms with E-state index in [1.54, 1.807) is 12.1 Å². The molecule has 3 aromatic rings. The maximum Gasteiger partial charge on any atom is 0.320 e. The molecule has 3 aromatic carbocycles. The van der Waals surface area contributed by atoms with E-state index < -0.39 is 12.0 Å². The first-order chi connectivity index (χ1) is 13.9. The van der Waals surface area contributed by atoms with Crippen LogP contribution in [-0.2, 0) is 17.8 Å². The molecule has 0 aliphatic rings. The van der Waals surface area contributed by atoms with E-state index in [2.05, 4.69) is 25.1 Å². The minimum atomic E-state index is -1.08. The van der Waals surface area contributed by atoms with Gasteiger partial charge in [-0.2, -0.15) is 0 Å². The van der Waals surface area contributed by atoms with Crippen molar-refractivity contribution in [2.75, 3.05) is 0 Å². The normalized spacial score (nSPS) is 11.9. The van der Waals surface area contributed by atoms with Crippen LogP contribution < -0.4 is 10.5 Å². The van der Waals surface area contributed by atoms with Crippen LogP contribution in [0.3, 0.4) is 0 Å². The number of hydrogen-bond acceptors (Lipinski definition) is 3. The lowest BCUT2D eigenvalue weighted by molar-refractivity contribution is -0.138. The lowest BCUT2D eigenvalue weighted by atomic mass is 9.97. The van der Waals surface area contributed by atoms with E-state index >= 15 is 0 Å².